The molecule has 0 aromatic heterocycles. The summed E-state index contributed by atoms with van der Waals surface area (Å²) in [7, 11) is 0. The summed E-state index contributed by atoms with van der Waals surface area (Å²) in [6, 6.07) is 13.7. The molecule has 11 nitrogen and oxygen atoms in total. The Morgan fingerprint density at radius 3 is 2.41 bits per heavy atom. The van der Waals surface area contributed by atoms with E-state index < -0.39 is 22.8 Å². The van der Waals surface area contributed by atoms with Gasteiger partial charge in [0, 0.05) is 17.8 Å². The number of allylic oxidation sites excluding steroid dienone is 2. The molecule has 2 aliphatic rings. The molecule has 2 aromatic carbocycles. The lowest BCUT2D eigenvalue weighted by Crippen LogP contribution is -2.34. The van der Waals surface area contributed by atoms with Gasteiger partial charge in [0.15, 0.2) is 0 Å². The summed E-state index contributed by atoms with van der Waals surface area (Å²) in [4.78, 5) is 36.1. The van der Waals surface area contributed by atoms with Crippen LogP contribution >= 0.6 is 0 Å². The van der Waals surface area contributed by atoms with Crippen LogP contribution < -0.4 is 10.1 Å². The van der Waals surface area contributed by atoms with Crippen molar-refractivity contribution in [3.63, 3.8) is 0 Å². The molecule has 2 aliphatic heterocycles. The molecule has 0 aliphatic carbocycles. The number of hydrogen-bond acceptors (Lipinski definition) is 10. The van der Waals surface area contributed by atoms with Crippen molar-refractivity contribution in [2.45, 2.75) is 33.3 Å². The summed E-state index contributed by atoms with van der Waals surface area (Å²) in [6.07, 6.45) is 1.00. The fourth-order valence-electron chi connectivity index (χ4n) is 3.97. The molecular weight excluding hydrogens is 482 g/mol. The molecule has 11 heteroatoms. The molecule has 37 heavy (non-hydrogen) atoms. The molecule has 2 heterocycles. The molecule has 0 radical (unpaired) electrons. The highest BCUT2D eigenvalue weighted by atomic mass is 16.6. The highest BCUT2D eigenvalue weighted by Crippen LogP contribution is 2.40. The number of non-ortho nitro benzene ring substituents is 1. The SMILES string of the molecule is CCOC(=O)C1=C(C)NC(C=NO)=C(C(=O)OCC)C1c1cccc([N+](=O)[O-])c1.c1cc2cc(c1)OC2. The van der Waals surface area contributed by atoms with E-state index in [1.165, 1.54) is 23.8 Å². The predicted octanol–water partition coefficient (Wildman–Crippen LogP) is 3.97. The number of oxime groups is 1. The van der Waals surface area contributed by atoms with E-state index in [1.807, 2.05) is 12.1 Å². The zero-order chi connectivity index (χ0) is 26.9. The Morgan fingerprint density at radius 2 is 1.81 bits per heavy atom. The maximum Gasteiger partial charge on any atom is 0.337 e. The lowest BCUT2D eigenvalue weighted by molar-refractivity contribution is -0.384. The molecule has 1 unspecified atom stereocenters. The molecule has 4 rings (SSSR count). The number of carbonyl (C=O) groups is 2. The number of dihydropyridines is 1. The second kappa shape index (κ2) is 12.3. The summed E-state index contributed by atoms with van der Waals surface area (Å²) in [5.74, 6) is -1.47. The molecular formula is C26H27N3O8. The summed E-state index contributed by atoms with van der Waals surface area (Å²) in [5, 5.41) is 26.1. The summed E-state index contributed by atoms with van der Waals surface area (Å²) >= 11 is 0. The molecule has 2 aromatic rings. The maximum atomic E-state index is 12.7. The van der Waals surface area contributed by atoms with Crippen molar-refractivity contribution in [1.82, 2.24) is 5.32 Å². The Hall–Kier alpha value is -4.67. The smallest absolute Gasteiger partial charge is 0.337 e. The summed E-state index contributed by atoms with van der Waals surface area (Å²) < 4.78 is 15.4. The van der Waals surface area contributed by atoms with Crippen LogP contribution in [-0.4, -0.2) is 41.5 Å². The third kappa shape index (κ3) is 6.31. The Labute approximate surface area is 213 Å². The van der Waals surface area contributed by atoms with Crippen molar-refractivity contribution in [1.29, 1.82) is 0 Å². The van der Waals surface area contributed by atoms with Crippen molar-refractivity contribution >= 4 is 23.8 Å². The maximum absolute atomic E-state index is 12.7. The number of nitrogens with one attached hydrogen (secondary N) is 1. The number of nitrogens with zero attached hydrogens (tertiary/aromatic N) is 2. The van der Waals surface area contributed by atoms with Gasteiger partial charge < -0.3 is 24.7 Å². The van der Waals surface area contributed by atoms with Crippen LogP contribution in [0.4, 0.5) is 5.69 Å². The molecule has 194 valence electrons. The third-order valence-corrected chi connectivity index (χ3v) is 5.49. The van der Waals surface area contributed by atoms with Crippen LogP contribution in [0.15, 0.2) is 76.2 Å². The normalized spacial score (nSPS) is 15.9. The minimum absolute atomic E-state index is 0.0289. The van der Waals surface area contributed by atoms with Crippen molar-refractivity contribution in [3.05, 3.63) is 92.3 Å². The van der Waals surface area contributed by atoms with E-state index in [0.717, 1.165) is 18.6 Å². The molecule has 1 atom stereocenters. The van der Waals surface area contributed by atoms with E-state index in [9.17, 15) is 19.7 Å². The van der Waals surface area contributed by atoms with Gasteiger partial charge in [-0.25, -0.2) is 9.59 Å². The number of hydrogen-bond donors (Lipinski definition) is 2. The lowest BCUT2D eigenvalue weighted by atomic mass is 9.80. The number of benzene rings is 2. The highest BCUT2D eigenvalue weighted by molar-refractivity contribution is 6.04. The van der Waals surface area contributed by atoms with E-state index in [0.29, 0.717) is 11.3 Å². The number of fused-ring (bicyclic) bond motifs is 2. The number of ether oxygens (including phenoxy) is 3. The van der Waals surface area contributed by atoms with E-state index in [1.54, 1.807) is 26.8 Å². The first-order chi connectivity index (χ1) is 17.8. The van der Waals surface area contributed by atoms with Gasteiger partial charge in [0.2, 0.25) is 0 Å². The standard InChI is InChI=1S/C19H21N3O7.C7H6O/c1-4-28-18(23)15-11(3)21-14(10-20-25)17(19(24)29-5-2)16(15)12-7-6-8-13(9-12)22(26)27;1-2-6-4-7(3-1)8-5-6/h6-10,16,21,25H,4-5H2,1-3H3;1-4H,5H2. The van der Waals surface area contributed by atoms with Crippen LogP contribution in [0.5, 0.6) is 5.75 Å². The first-order valence-corrected chi connectivity index (χ1v) is 11.5. The number of nitro groups is 1. The van der Waals surface area contributed by atoms with Crippen LogP contribution in [0.2, 0.25) is 0 Å². The average molecular weight is 510 g/mol. The highest BCUT2D eigenvalue weighted by Gasteiger charge is 2.39. The van der Waals surface area contributed by atoms with Crippen molar-refractivity contribution in [2.75, 3.05) is 13.2 Å². The number of carbonyl (C=O) groups excluding carboxylic acids is 2. The second-order valence-corrected chi connectivity index (χ2v) is 7.90. The lowest BCUT2D eigenvalue weighted by Gasteiger charge is -2.30. The monoisotopic (exact) mass is 509 g/mol. The largest absolute Gasteiger partial charge is 0.489 e. The first-order valence-electron chi connectivity index (χ1n) is 11.5. The molecule has 0 amide bonds. The summed E-state index contributed by atoms with van der Waals surface area (Å²) in [6.45, 7) is 5.76. The van der Waals surface area contributed by atoms with Gasteiger partial charge >= 0.3 is 11.9 Å². The van der Waals surface area contributed by atoms with Gasteiger partial charge in [0.05, 0.1) is 47.1 Å². The molecule has 0 saturated heterocycles. The second-order valence-electron chi connectivity index (χ2n) is 7.90. The minimum Gasteiger partial charge on any atom is -0.489 e. The van der Waals surface area contributed by atoms with Gasteiger partial charge in [-0.15, -0.1) is 0 Å². The minimum atomic E-state index is -1.03. The van der Waals surface area contributed by atoms with Gasteiger partial charge in [-0.05, 0) is 44.0 Å². The number of esters is 2. The Bertz CT molecular complexity index is 1260. The van der Waals surface area contributed by atoms with Gasteiger partial charge in [0.1, 0.15) is 12.4 Å². The van der Waals surface area contributed by atoms with Gasteiger partial charge in [-0.1, -0.05) is 29.4 Å². The molecule has 0 fully saturated rings. The molecule has 0 spiro atoms. The van der Waals surface area contributed by atoms with Crippen molar-refractivity contribution in [2.24, 2.45) is 5.16 Å². The predicted molar refractivity (Wildman–Crippen MR) is 133 cm³/mol. The van der Waals surface area contributed by atoms with Crippen molar-refractivity contribution in [3.8, 4) is 5.75 Å². The van der Waals surface area contributed by atoms with Crippen LogP contribution in [0, 0.1) is 10.1 Å². The fourth-order valence-corrected chi connectivity index (χ4v) is 3.97. The molecule has 0 saturated carbocycles. The van der Waals surface area contributed by atoms with Gasteiger partial charge in [0.25, 0.3) is 5.69 Å². The molecule has 2 bridgehead atoms. The van der Waals surface area contributed by atoms with Gasteiger partial charge in [-0.3, -0.25) is 10.1 Å². The van der Waals surface area contributed by atoms with E-state index in [-0.39, 0.29) is 35.7 Å². The third-order valence-electron chi connectivity index (χ3n) is 5.49. The first kappa shape index (κ1) is 26.9. The molecule has 2 N–H and O–H groups in total. The van der Waals surface area contributed by atoms with E-state index >= 15 is 0 Å². The quantitative estimate of drug-likeness (QED) is 0.186. The van der Waals surface area contributed by atoms with Crippen LogP contribution in [0.25, 0.3) is 0 Å². The number of rotatable bonds is 7. The zero-order valence-electron chi connectivity index (χ0n) is 20.6. The fraction of sp³-hybridized carbons (Fsp3) is 0.269. The van der Waals surface area contributed by atoms with Crippen molar-refractivity contribution < 1.29 is 33.9 Å². The zero-order valence-corrected chi connectivity index (χ0v) is 20.6. The van der Waals surface area contributed by atoms with E-state index in [4.69, 9.17) is 19.4 Å². The Kier molecular flexibility index (Phi) is 8.98. The summed E-state index contributed by atoms with van der Waals surface area (Å²) in [5.41, 5.74) is 1.92. The topological polar surface area (TPSA) is 150 Å². The Morgan fingerprint density at radius 1 is 1.14 bits per heavy atom. The Balaban J connectivity index is 0.000000396. The van der Waals surface area contributed by atoms with Crippen LogP contribution in [0.3, 0.4) is 0 Å². The van der Waals surface area contributed by atoms with Crippen LogP contribution in [-0.2, 0) is 25.7 Å². The van der Waals surface area contributed by atoms with Gasteiger partial charge in [-0.2, -0.15) is 0 Å². The average Bonchev–Trinajstić information content (AvgIpc) is 3.21. The number of nitro benzene ring substituents is 1. The van der Waals surface area contributed by atoms with Crippen LogP contribution in [0.1, 0.15) is 37.8 Å². The van der Waals surface area contributed by atoms with E-state index in [2.05, 4.69) is 22.6 Å².